The number of nitrogens with one attached hydrogen (secondary N) is 1. The van der Waals surface area contributed by atoms with E-state index in [2.05, 4.69) is 10.3 Å². The molecule has 0 aliphatic carbocycles. The number of benzene rings is 1. The third-order valence-electron chi connectivity index (χ3n) is 2.24. The molecule has 1 aromatic carbocycles. The summed E-state index contributed by atoms with van der Waals surface area (Å²) in [4.78, 5) is 15.3. The van der Waals surface area contributed by atoms with Gasteiger partial charge in [-0.25, -0.2) is 4.98 Å². The van der Waals surface area contributed by atoms with Crippen LogP contribution in [0.3, 0.4) is 0 Å². The molecule has 0 fully saturated rings. The van der Waals surface area contributed by atoms with Crippen LogP contribution in [0.4, 0.5) is 15.9 Å². The van der Waals surface area contributed by atoms with Crippen LogP contribution in [0.5, 0.6) is 5.75 Å². The Morgan fingerprint density at radius 1 is 1.33 bits per heavy atom. The molecule has 0 aliphatic heterocycles. The predicted molar refractivity (Wildman–Crippen MR) is 64.7 cm³/mol. The number of phenols is 1. The van der Waals surface area contributed by atoms with Gasteiger partial charge in [-0.15, -0.1) is 0 Å². The molecule has 1 heterocycles. The summed E-state index contributed by atoms with van der Waals surface area (Å²) in [7, 11) is 0. The Morgan fingerprint density at radius 3 is 2.83 bits per heavy atom. The highest BCUT2D eigenvalue weighted by Gasteiger charge is 2.11. The summed E-state index contributed by atoms with van der Waals surface area (Å²) in [6.45, 7) is 0. The smallest absolute Gasteiger partial charge is 0.259 e. The summed E-state index contributed by atoms with van der Waals surface area (Å²) >= 11 is 0. The van der Waals surface area contributed by atoms with E-state index in [1.54, 1.807) is 0 Å². The van der Waals surface area contributed by atoms with Crippen molar-refractivity contribution in [3.05, 3.63) is 47.9 Å². The van der Waals surface area contributed by atoms with Crippen molar-refractivity contribution in [1.29, 1.82) is 0 Å². The van der Waals surface area contributed by atoms with Crippen LogP contribution in [0, 0.1) is 5.95 Å². The zero-order chi connectivity index (χ0) is 13.1. The molecule has 1 aromatic heterocycles. The van der Waals surface area contributed by atoms with E-state index in [-0.39, 0.29) is 22.8 Å². The maximum absolute atomic E-state index is 12.8. The number of nitrogens with two attached hydrogens (primary N) is 1. The number of nitrogens with zero attached hydrogens (tertiary/aromatic N) is 1. The molecule has 0 saturated carbocycles. The van der Waals surface area contributed by atoms with Crippen molar-refractivity contribution in [2.75, 3.05) is 11.1 Å². The zero-order valence-corrected chi connectivity index (χ0v) is 9.22. The molecule has 0 aliphatic rings. The molecule has 92 valence electrons. The van der Waals surface area contributed by atoms with E-state index < -0.39 is 11.9 Å². The summed E-state index contributed by atoms with van der Waals surface area (Å²) in [5.41, 5.74) is 5.92. The minimum atomic E-state index is -0.698. The number of hydrogen-bond acceptors (Lipinski definition) is 4. The molecule has 0 saturated heterocycles. The van der Waals surface area contributed by atoms with Gasteiger partial charge in [-0.1, -0.05) is 6.07 Å². The average molecular weight is 247 g/mol. The summed E-state index contributed by atoms with van der Waals surface area (Å²) in [5.74, 6) is -1.28. The third kappa shape index (κ3) is 2.54. The number of phenolic OH excluding ortho intramolecular Hbond substituents is 1. The highest BCUT2D eigenvalue weighted by atomic mass is 19.1. The Hall–Kier alpha value is -2.63. The molecule has 2 aromatic rings. The van der Waals surface area contributed by atoms with Crippen LogP contribution in [-0.4, -0.2) is 16.0 Å². The minimum Gasteiger partial charge on any atom is -0.508 e. The molecule has 5 nitrogen and oxygen atoms in total. The lowest BCUT2D eigenvalue weighted by molar-refractivity contribution is 0.102. The number of amides is 1. The number of carbonyl (C=O) groups is 1. The first-order valence-corrected chi connectivity index (χ1v) is 5.08. The number of hydrogen-bond donors (Lipinski definition) is 3. The second-order valence-electron chi connectivity index (χ2n) is 3.57. The fourth-order valence-corrected chi connectivity index (χ4v) is 1.40. The van der Waals surface area contributed by atoms with Crippen LogP contribution in [-0.2, 0) is 0 Å². The summed E-state index contributed by atoms with van der Waals surface area (Å²) in [6, 6.07) is 8.03. The fraction of sp³-hybridized carbons (Fsp3) is 0. The van der Waals surface area contributed by atoms with Gasteiger partial charge in [-0.2, -0.15) is 4.39 Å². The van der Waals surface area contributed by atoms with Gasteiger partial charge in [-0.3, -0.25) is 4.79 Å². The normalized spacial score (nSPS) is 10.1. The SMILES string of the molecule is Nc1ccc(O)cc1C(=O)Nc1cccc(F)n1. The molecular formula is C12H10FN3O2. The number of aromatic hydroxyl groups is 1. The van der Waals surface area contributed by atoms with Gasteiger partial charge in [0.1, 0.15) is 11.6 Å². The number of pyridine rings is 1. The van der Waals surface area contributed by atoms with Crippen molar-refractivity contribution < 1.29 is 14.3 Å². The van der Waals surface area contributed by atoms with Gasteiger partial charge < -0.3 is 16.2 Å². The molecule has 4 N–H and O–H groups in total. The Bertz CT molecular complexity index is 602. The van der Waals surface area contributed by atoms with Crippen LogP contribution in [0.15, 0.2) is 36.4 Å². The second kappa shape index (κ2) is 4.70. The van der Waals surface area contributed by atoms with E-state index in [0.29, 0.717) is 0 Å². The molecule has 18 heavy (non-hydrogen) atoms. The van der Waals surface area contributed by atoms with E-state index in [1.807, 2.05) is 0 Å². The number of nitrogen functional groups attached to an aromatic ring is 1. The largest absolute Gasteiger partial charge is 0.508 e. The van der Waals surface area contributed by atoms with E-state index >= 15 is 0 Å². The number of aromatic nitrogens is 1. The summed E-state index contributed by atoms with van der Waals surface area (Å²) in [5, 5.41) is 11.7. The highest BCUT2D eigenvalue weighted by molar-refractivity contribution is 6.07. The van der Waals surface area contributed by atoms with Crippen LogP contribution in [0.25, 0.3) is 0 Å². The van der Waals surface area contributed by atoms with Crippen LogP contribution in [0.2, 0.25) is 0 Å². The van der Waals surface area contributed by atoms with Gasteiger partial charge in [0.25, 0.3) is 5.91 Å². The lowest BCUT2D eigenvalue weighted by atomic mass is 10.1. The Morgan fingerprint density at radius 2 is 2.11 bits per heavy atom. The summed E-state index contributed by atoms with van der Waals surface area (Å²) < 4.78 is 12.8. The Labute approximate surface area is 102 Å². The molecule has 0 radical (unpaired) electrons. The average Bonchev–Trinajstić information content (AvgIpc) is 2.32. The highest BCUT2D eigenvalue weighted by Crippen LogP contribution is 2.19. The van der Waals surface area contributed by atoms with Gasteiger partial charge in [-0.05, 0) is 30.3 Å². The first kappa shape index (κ1) is 11.8. The van der Waals surface area contributed by atoms with Crippen LogP contribution in [0.1, 0.15) is 10.4 Å². The number of rotatable bonds is 2. The minimum absolute atomic E-state index is 0.0720. The number of carbonyl (C=O) groups excluding carboxylic acids is 1. The Kier molecular flexibility index (Phi) is 3.09. The molecule has 0 unspecified atom stereocenters. The Balaban J connectivity index is 2.24. The first-order chi connectivity index (χ1) is 8.56. The van der Waals surface area contributed by atoms with Crippen molar-refractivity contribution in [2.24, 2.45) is 0 Å². The third-order valence-corrected chi connectivity index (χ3v) is 2.24. The van der Waals surface area contributed by atoms with E-state index in [4.69, 9.17) is 5.73 Å². The lowest BCUT2D eigenvalue weighted by Gasteiger charge is -2.07. The van der Waals surface area contributed by atoms with Crippen molar-refractivity contribution in [1.82, 2.24) is 4.98 Å². The summed E-state index contributed by atoms with van der Waals surface area (Å²) in [6.07, 6.45) is 0. The van der Waals surface area contributed by atoms with Crippen LogP contribution < -0.4 is 11.1 Å². The van der Waals surface area contributed by atoms with E-state index in [9.17, 15) is 14.3 Å². The van der Waals surface area contributed by atoms with Gasteiger partial charge in [0.05, 0.1) is 5.56 Å². The molecule has 2 rings (SSSR count). The molecule has 0 spiro atoms. The number of halogens is 1. The monoisotopic (exact) mass is 247 g/mol. The predicted octanol–water partition coefficient (Wildman–Crippen LogP) is 1.76. The lowest BCUT2D eigenvalue weighted by Crippen LogP contribution is -2.15. The number of anilines is 2. The van der Waals surface area contributed by atoms with Gasteiger partial charge in [0.15, 0.2) is 0 Å². The molecule has 0 bridgehead atoms. The zero-order valence-electron chi connectivity index (χ0n) is 9.22. The maximum Gasteiger partial charge on any atom is 0.259 e. The molecule has 0 atom stereocenters. The standard InChI is InChI=1S/C12H10FN3O2/c13-10-2-1-3-11(15-10)16-12(18)8-6-7(17)4-5-9(8)14/h1-6,17H,14H2,(H,15,16,18). The molecular weight excluding hydrogens is 237 g/mol. The molecule has 6 heteroatoms. The van der Waals surface area contributed by atoms with Gasteiger partial charge in [0, 0.05) is 5.69 Å². The van der Waals surface area contributed by atoms with Crippen molar-refractivity contribution >= 4 is 17.4 Å². The van der Waals surface area contributed by atoms with Gasteiger partial charge >= 0.3 is 0 Å². The topological polar surface area (TPSA) is 88.2 Å². The molecule has 1 amide bonds. The maximum atomic E-state index is 12.8. The quantitative estimate of drug-likeness (QED) is 0.428. The van der Waals surface area contributed by atoms with Crippen molar-refractivity contribution in [2.45, 2.75) is 0 Å². The van der Waals surface area contributed by atoms with Crippen LogP contribution >= 0.6 is 0 Å². The fourth-order valence-electron chi connectivity index (χ4n) is 1.40. The van der Waals surface area contributed by atoms with E-state index in [0.717, 1.165) is 0 Å². The van der Waals surface area contributed by atoms with Crippen molar-refractivity contribution in [3.8, 4) is 5.75 Å². The van der Waals surface area contributed by atoms with Gasteiger partial charge in [0.2, 0.25) is 5.95 Å². The van der Waals surface area contributed by atoms with E-state index in [1.165, 1.54) is 36.4 Å². The first-order valence-electron chi connectivity index (χ1n) is 5.08. The van der Waals surface area contributed by atoms with Crippen molar-refractivity contribution in [3.63, 3.8) is 0 Å². The second-order valence-corrected chi connectivity index (χ2v) is 3.57.